The Morgan fingerprint density at radius 2 is 0.650 bits per heavy atom. The molecule has 0 radical (unpaired) electrons. The van der Waals surface area contributed by atoms with Crippen molar-refractivity contribution in [3.05, 3.63) is 24.3 Å². The molecule has 6 heteroatoms. The number of unbranched alkanes of at least 4 members (excludes halogenated alkanes) is 18. The Bertz CT molecular complexity index is 497. The molecule has 0 aliphatic rings. The predicted octanol–water partition coefficient (Wildman–Crippen LogP) is 9.87. The number of rotatable bonds is 24. The van der Waals surface area contributed by atoms with Crippen molar-refractivity contribution in [2.45, 2.75) is 169 Å². The average Bonchev–Trinajstić information content (AvgIpc) is 2.90. The number of aliphatic hydroxyl groups excluding tert-OH is 2. The van der Waals surface area contributed by atoms with Gasteiger partial charge in [-0.2, -0.15) is 0 Å². The van der Waals surface area contributed by atoms with E-state index in [4.69, 9.17) is 30.0 Å². The summed E-state index contributed by atoms with van der Waals surface area (Å²) in [4.78, 5) is 18.0. The summed E-state index contributed by atoms with van der Waals surface area (Å²) in [5.74, 6) is -1.67. The minimum absolute atomic E-state index is 0.358. The average molecular weight is 573 g/mol. The van der Waals surface area contributed by atoms with Gasteiger partial charge < -0.3 is 20.4 Å². The number of carbonyl (C=O) groups is 2. The molecule has 4 N–H and O–H groups in total. The lowest BCUT2D eigenvalue weighted by molar-refractivity contribution is -0.135. The summed E-state index contributed by atoms with van der Waals surface area (Å²) in [7, 11) is 0. The van der Waals surface area contributed by atoms with Crippen molar-refractivity contribution in [1.29, 1.82) is 0 Å². The summed E-state index contributed by atoms with van der Waals surface area (Å²) < 4.78 is 0. The van der Waals surface area contributed by atoms with Gasteiger partial charge in [0.05, 0.1) is 0 Å². The Morgan fingerprint density at radius 3 is 0.925 bits per heavy atom. The van der Waals surface area contributed by atoms with Gasteiger partial charge in [-0.05, 0) is 57.8 Å². The van der Waals surface area contributed by atoms with E-state index in [0.717, 1.165) is 26.7 Å². The van der Waals surface area contributed by atoms with Crippen LogP contribution in [0.1, 0.15) is 169 Å². The molecular formula is C34H68O6. The van der Waals surface area contributed by atoms with E-state index in [1.807, 2.05) is 0 Å². The van der Waals surface area contributed by atoms with Crippen LogP contribution in [0.4, 0.5) is 0 Å². The number of carboxylic acids is 2. The van der Waals surface area contributed by atoms with E-state index in [0.29, 0.717) is 13.2 Å². The fraction of sp³-hybridized carbons (Fsp3) is 0.824. The van der Waals surface area contributed by atoms with Gasteiger partial charge in [-0.3, -0.25) is 9.59 Å². The maximum absolute atomic E-state index is 9.00. The van der Waals surface area contributed by atoms with E-state index in [1.165, 1.54) is 128 Å². The molecule has 0 unspecified atom stereocenters. The second kappa shape index (κ2) is 47.1. The number of aliphatic carboxylic acids is 2. The number of hydrogen-bond donors (Lipinski definition) is 4. The van der Waals surface area contributed by atoms with Gasteiger partial charge in [-0.25, -0.2) is 0 Å². The minimum Gasteiger partial charge on any atom is -0.481 e. The van der Waals surface area contributed by atoms with Crippen molar-refractivity contribution in [3.63, 3.8) is 0 Å². The maximum Gasteiger partial charge on any atom is 0.300 e. The summed E-state index contributed by atoms with van der Waals surface area (Å²) in [6, 6.07) is 0. The van der Waals surface area contributed by atoms with Gasteiger partial charge in [0.1, 0.15) is 0 Å². The van der Waals surface area contributed by atoms with Crippen molar-refractivity contribution >= 4 is 11.9 Å². The van der Waals surface area contributed by atoms with Gasteiger partial charge in [0, 0.05) is 27.1 Å². The number of aliphatic hydroxyl groups is 2. The summed E-state index contributed by atoms with van der Waals surface area (Å²) >= 11 is 0. The predicted molar refractivity (Wildman–Crippen MR) is 172 cm³/mol. The molecule has 0 atom stereocenters. The van der Waals surface area contributed by atoms with Crippen LogP contribution in [0.15, 0.2) is 24.3 Å². The van der Waals surface area contributed by atoms with Crippen LogP contribution < -0.4 is 0 Å². The van der Waals surface area contributed by atoms with E-state index in [-0.39, 0.29) is 0 Å². The first-order valence-corrected chi connectivity index (χ1v) is 16.2. The molecule has 0 bridgehead atoms. The van der Waals surface area contributed by atoms with Crippen LogP contribution in [0.2, 0.25) is 0 Å². The normalized spacial score (nSPS) is 10.3. The summed E-state index contributed by atoms with van der Waals surface area (Å²) in [5.41, 5.74) is 0. The molecule has 0 amide bonds. The van der Waals surface area contributed by atoms with Gasteiger partial charge >= 0.3 is 0 Å². The number of hydrogen-bond acceptors (Lipinski definition) is 4. The SMILES string of the molecule is CC(=O)O.CC(=O)O.CCCC/C=C\CCCCCCCCCCO.CCCCC/C=C\CCCCCCCO. The van der Waals surface area contributed by atoms with Crippen LogP contribution >= 0.6 is 0 Å². The molecule has 0 aliphatic carbocycles. The van der Waals surface area contributed by atoms with Crippen molar-refractivity contribution < 1.29 is 30.0 Å². The first-order chi connectivity index (χ1) is 19.3. The lowest BCUT2D eigenvalue weighted by Gasteiger charge is -2.00. The summed E-state index contributed by atoms with van der Waals surface area (Å²) in [5, 5.41) is 32.1. The molecule has 0 spiro atoms. The molecule has 0 aromatic carbocycles. The van der Waals surface area contributed by atoms with Crippen molar-refractivity contribution in [2.75, 3.05) is 13.2 Å². The molecular weight excluding hydrogens is 504 g/mol. The van der Waals surface area contributed by atoms with Crippen molar-refractivity contribution in [3.8, 4) is 0 Å². The molecule has 40 heavy (non-hydrogen) atoms. The highest BCUT2D eigenvalue weighted by molar-refractivity contribution is 5.63. The van der Waals surface area contributed by atoms with E-state index in [1.54, 1.807) is 0 Å². The van der Waals surface area contributed by atoms with Crippen molar-refractivity contribution in [2.24, 2.45) is 0 Å². The minimum atomic E-state index is -0.833. The summed E-state index contributed by atoms with van der Waals surface area (Å²) in [6.07, 6.45) is 37.5. The van der Waals surface area contributed by atoms with Gasteiger partial charge in [0.25, 0.3) is 11.9 Å². The van der Waals surface area contributed by atoms with Crippen LogP contribution in [0.3, 0.4) is 0 Å². The summed E-state index contributed by atoms with van der Waals surface area (Å²) in [6.45, 7) is 7.38. The molecule has 0 aromatic heterocycles. The van der Waals surface area contributed by atoms with E-state index >= 15 is 0 Å². The fourth-order valence-electron chi connectivity index (χ4n) is 3.64. The Kier molecular flexibility index (Phi) is 53.4. The molecule has 0 aliphatic heterocycles. The molecule has 0 saturated carbocycles. The van der Waals surface area contributed by atoms with Crippen LogP contribution in [0, 0.1) is 0 Å². The zero-order valence-electron chi connectivity index (χ0n) is 26.9. The lowest BCUT2D eigenvalue weighted by Crippen LogP contribution is -1.84. The Morgan fingerprint density at radius 1 is 0.425 bits per heavy atom. The first-order valence-electron chi connectivity index (χ1n) is 16.2. The molecule has 0 heterocycles. The smallest absolute Gasteiger partial charge is 0.300 e. The van der Waals surface area contributed by atoms with Crippen LogP contribution in [-0.2, 0) is 9.59 Å². The van der Waals surface area contributed by atoms with E-state index in [9.17, 15) is 0 Å². The fourth-order valence-corrected chi connectivity index (χ4v) is 3.64. The van der Waals surface area contributed by atoms with Crippen molar-refractivity contribution in [1.82, 2.24) is 0 Å². The highest BCUT2D eigenvalue weighted by Crippen LogP contribution is 2.10. The monoisotopic (exact) mass is 573 g/mol. The lowest BCUT2D eigenvalue weighted by atomic mass is 10.1. The number of allylic oxidation sites excluding steroid dienone is 4. The highest BCUT2D eigenvalue weighted by atomic mass is 16.4. The maximum atomic E-state index is 9.00. The molecule has 6 nitrogen and oxygen atoms in total. The second-order valence-corrected chi connectivity index (χ2v) is 10.2. The largest absolute Gasteiger partial charge is 0.481 e. The molecule has 0 saturated heterocycles. The second-order valence-electron chi connectivity index (χ2n) is 10.2. The highest BCUT2D eigenvalue weighted by Gasteiger charge is 1.91. The zero-order valence-corrected chi connectivity index (χ0v) is 26.9. The topological polar surface area (TPSA) is 115 Å². The van der Waals surface area contributed by atoms with Crippen LogP contribution in [0.5, 0.6) is 0 Å². The standard InChI is InChI=1S/C16H32O.C14H28O.2C2H4O2/c1-2-3-4-5-6-7-8-9-10-11-12-13-14-15-16-17;1-2-3-4-5-6-7-8-9-10-11-12-13-14-15;2*1-2(3)4/h5-6,17H,2-4,7-16H2,1H3;6-7,15H,2-5,8-14H2,1H3;2*1H3,(H,3,4)/b6-5-;7-6-;;. The quantitative estimate of drug-likeness (QED) is 0.0675. The molecule has 0 fully saturated rings. The number of carboxylic acid groups (broad SMARTS) is 2. The molecule has 0 rings (SSSR count). The third kappa shape index (κ3) is 76.6. The Hall–Kier alpha value is -1.66. The molecule has 240 valence electrons. The Labute approximate surface area is 248 Å². The van der Waals surface area contributed by atoms with Gasteiger partial charge in [0.15, 0.2) is 0 Å². The third-order valence-electron chi connectivity index (χ3n) is 5.84. The zero-order chi connectivity index (χ0) is 31.0. The van der Waals surface area contributed by atoms with Gasteiger partial charge in [-0.15, -0.1) is 0 Å². The van der Waals surface area contributed by atoms with E-state index < -0.39 is 11.9 Å². The van der Waals surface area contributed by atoms with Crippen LogP contribution in [0.25, 0.3) is 0 Å². The van der Waals surface area contributed by atoms with E-state index in [2.05, 4.69) is 38.2 Å². The van der Waals surface area contributed by atoms with Crippen LogP contribution in [-0.4, -0.2) is 45.6 Å². The first kappa shape index (κ1) is 45.3. The Balaban J connectivity index is -0.000000256. The molecule has 0 aromatic rings. The van der Waals surface area contributed by atoms with Gasteiger partial charge in [-0.1, -0.05) is 122 Å². The third-order valence-corrected chi connectivity index (χ3v) is 5.84. The van der Waals surface area contributed by atoms with Gasteiger partial charge in [0.2, 0.25) is 0 Å².